The molecule has 9 heteroatoms. The maximum absolute atomic E-state index is 13.5. The Morgan fingerprint density at radius 3 is 2.73 bits per heavy atom. The molecule has 0 unspecified atom stereocenters. The average Bonchev–Trinajstić information content (AvgIpc) is 2.48. The van der Waals surface area contributed by atoms with Crippen LogP contribution in [0.3, 0.4) is 0 Å². The molecule has 0 aliphatic rings. The summed E-state index contributed by atoms with van der Waals surface area (Å²) in [5.74, 6) is -2.31. The third-order valence-electron chi connectivity index (χ3n) is 2.46. The third kappa shape index (κ3) is 3.98. The Bertz CT molecular complexity index is 726. The number of nitrogens with zero attached hydrogens (tertiary/aromatic N) is 2. The molecule has 0 spiro atoms. The van der Waals surface area contributed by atoms with Gasteiger partial charge in [0.1, 0.15) is 5.82 Å². The van der Waals surface area contributed by atoms with Crippen LogP contribution in [0, 0.1) is 5.82 Å². The van der Waals surface area contributed by atoms with E-state index < -0.39 is 24.3 Å². The lowest BCUT2D eigenvalue weighted by molar-refractivity contribution is -0.119. The largest absolute Gasteiger partial charge is 0.451 e. The number of carbonyl (C=O) groups excluding carboxylic acids is 2. The van der Waals surface area contributed by atoms with Gasteiger partial charge in [-0.15, -0.1) is 0 Å². The number of carbonyl (C=O) groups is 2. The molecule has 1 aromatic carbocycles. The molecular formula is C13H10BrFN4O3. The van der Waals surface area contributed by atoms with Crippen molar-refractivity contribution in [2.75, 3.05) is 17.7 Å². The van der Waals surface area contributed by atoms with Crippen LogP contribution in [-0.2, 0) is 9.53 Å². The summed E-state index contributed by atoms with van der Waals surface area (Å²) in [6.45, 7) is -0.607. The van der Waals surface area contributed by atoms with Gasteiger partial charge in [-0.1, -0.05) is 15.9 Å². The number of rotatable bonds is 4. The van der Waals surface area contributed by atoms with Crippen molar-refractivity contribution >= 4 is 39.3 Å². The summed E-state index contributed by atoms with van der Waals surface area (Å²) in [5, 5.41) is 2.28. The zero-order valence-electron chi connectivity index (χ0n) is 11.0. The van der Waals surface area contributed by atoms with Crippen LogP contribution in [0.5, 0.6) is 0 Å². The van der Waals surface area contributed by atoms with E-state index in [0.717, 1.165) is 0 Å². The first-order valence-electron chi connectivity index (χ1n) is 5.96. The molecule has 0 fully saturated rings. The van der Waals surface area contributed by atoms with Crippen molar-refractivity contribution in [3.05, 3.63) is 46.6 Å². The highest BCUT2D eigenvalue weighted by atomic mass is 79.9. The maximum Gasteiger partial charge on any atom is 0.361 e. The van der Waals surface area contributed by atoms with Gasteiger partial charge in [-0.25, -0.2) is 19.2 Å². The third-order valence-corrected chi connectivity index (χ3v) is 2.95. The average molecular weight is 369 g/mol. The first-order chi connectivity index (χ1) is 10.5. The van der Waals surface area contributed by atoms with Crippen molar-refractivity contribution in [3.63, 3.8) is 0 Å². The normalized spacial score (nSPS) is 10.1. The number of esters is 1. The highest BCUT2D eigenvalue weighted by molar-refractivity contribution is 9.10. The summed E-state index contributed by atoms with van der Waals surface area (Å²) in [4.78, 5) is 30.7. The monoisotopic (exact) mass is 368 g/mol. The fourth-order valence-electron chi connectivity index (χ4n) is 1.48. The van der Waals surface area contributed by atoms with Crippen molar-refractivity contribution in [2.45, 2.75) is 0 Å². The van der Waals surface area contributed by atoms with E-state index in [-0.39, 0.29) is 17.2 Å². The number of hydrogen-bond acceptors (Lipinski definition) is 6. The minimum atomic E-state index is -0.892. The van der Waals surface area contributed by atoms with Gasteiger partial charge in [0.25, 0.3) is 5.91 Å². The van der Waals surface area contributed by atoms with Gasteiger partial charge in [-0.3, -0.25) is 4.79 Å². The number of nitrogens with one attached hydrogen (secondary N) is 1. The smallest absolute Gasteiger partial charge is 0.361 e. The number of hydrogen-bond donors (Lipinski definition) is 2. The molecule has 114 valence electrons. The summed E-state index contributed by atoms with van der Waals surface area (Å²) in [6, 6.07) is 4.13. The molecule has 0 atom stereocenters. The van der Waals surface area contributed by atoms with Gasteiger partial charge in [0.15, 0.2) is 18.1 Å². The fraction of sp³-hybridized carbons (Fsp3) is 0.0769. The molecule has 3 N–H and O–H groups in total. The predicted octanol–water partition coefficient (Wildman–Crippen LogP) is 1.76. The molecule has 1 heterocycles. The summed E-state index contributed by atoms with van der Waals surface area (Å²) in [6.07, 6.45) is 2.58. The van der Waals surface area contributed by atoms with Crippen LogP contribution >= 0.6 is 15.9 Å². The van der Waals surface area contributed by atoms with E-state index >= 15 is 0 Å². The number of amides is 1. The lowest BCUT2D eigenvalue weighted by Gasteiger charge is -2.08. The molecule has 1 amide bonds. The molecule has 0 aliphatic heterocycles. The van der Waals surface area contributed by atoms with E-state index in [1.54, 1.807) is 6.07 Å². The van der Waals surface area contributed by atoms with E-state index in [1.165, 1.54) is 24.5 Å². The van der Waals surface area contributed by atoms with Gasteiger partial charge < -0.3 is 15.8 Å². The molecule has 0 aliphatic carbocycles. The summed E-state index contributed by atoms with van der Waals surface area (Å²) in [7, 11) is 0. The lowest BCUT2D eigenvalue weighted by Crippen LogP contribution is -2.22. The van der Waals surface area contributed by atoms with Crippen molar-refractivity contribution in [3.8, 4) is 0 Å². The van der Waals surface area contributed by atoms with Gasteiger partial charge in [0.2, 0.25) is 0 Å². The van der Waals surface area contributed by atoms with E-state index in [2.05, 4.69) is 31.2 Å². The summed E-state index contributed by atoms with van der Waals surface area (Å²) in [5.41, 5.74) is 5.24. The Morgan fingerprint density at radius 1 is 1.32 bits per heavy atom. The van der Waals surface area contributed by atoms with Gasteiger partial charge in [0, 0.05) is 16.9 Å². The summed E-state index contributed by atoms with van der Waals surface area (Å²) >= 11 is 3.10. The van der Waals surface area contributed by atoms with Crippen LogP contribution in [0.2, 0.25) is 0 Å². The second-order valence-electron chi connectivity index (χ2n) is 4.04. The van der Waals surface area contributed by atoms with Crippen molar-refractivity contribution < 1.29 is 18.7 Å². The zero-order valence-corrected chi connectivity index (χ0v) is 12.6. The van der Waals surface area contributed by atoms with Crippen LogP contribution in [0.4, 0.5) is 15.9 Å². The van der Waals surface area contributed by atoms with Gasteiger partial charge >= 0.3 is 5.97 Å². The fourth-order valence-corrected chi connectivity index (χ4v) is 1.82. The van der Waals surface area contributed by atoms with Crippen LogP contribution in [0.1, 0.15) is 10.5 Å². The number of benzene rings is 1. The standard InChI is InChI=1S/C13H10BrFN4O3/c14-7-1-2-9(8(15)5-7)19-10(20)6-22-13(21)11-12(16)18-4-3-17-11/h1-5H,6H2,(H2,16,18)(H,19,20). The second kappa shape index (κ2) is 6.94. The Morgan fingerprint density at radius 2 is 2.05 bits per heavy atom. The minimum absolute atomic E-state index is 0.0248. The first kappa shape index (κ1) is 15.8. The molecule has 2 aromatic rings. The van der Waals surface area contributed by atoms with Crippen LogP contribution < -0.4 is 11.1 Å². The van der Waals surface area contributed by atoms with E-state index in [1.807, 2.05) is 0 Å². The zero-order chi connectivity index (χ0) is 16.1. The topological polar surface area (TPSA) is 107 Å². The summed E-state index contributed by atoms with van der Waals surface area (Å²) < 4.78 is 18.8. The lowest BCUT2D eigenvalue weighted by atomic mass is 10.3. The number of anilines is 2. The number of nitrogen functional groups attached to an aromatic ring is 1. The second-order valence-corrected chi connectivity index (χ2v) is 4.95. The number of nitrogens with two attached hydrogens (primary N) is 1. The highest BCUT2D eigenvalue weighted by Crippen LogP contribution is 2.19. The van der Waals surface area contributed by atoms with Crippen molar-refractivity contribution in [1.82, 2.24) is 9.97 Å². The van der Waals surface area contributed by atoms with Crippen LogP contribution in [-0.4, -0.2) is 28.5 Å². The Kier molecular flexibility index (Phi) is 4.99. The minimum Gasteiger partial charge on any atom is -0.451 e. The Balaban J connectivity index is 1.93. The SMILES string of the molecule is Nc1nccnc1C(=O)OCC(=O)Nc1ccc(Br)cc1F. The molecule has 1 aromatic heterocycles. The molecule has 0 bridgehead atoms. The maximum atomic E-state index is 13.5. The molecule has 7 nitrogen and oxygen atoms in total. The van der Waals surface area contributed by atoms with Gasteiger partial charge in [-0.05, 0) is 18.2 Å². The number of aromatic nitrogens is 2. The Hall–Kier alpha value is -2.55. The number of halogens is 2. The Labute approximate surface area is 132 Å². The van der Waals surface area contributed by atoms with E-state index in [9.17, 15) is 14.0 Å². The molecule has 2 rings (SSSR count). The van der Waals surface area contributed by atoms with E-state index in [4.69, 9.17) is 10.5 Å². The molecule has 22 heavy (non-hydrogen) atoms. The molecule has 0 saturated heterocycles. The van der Waals surface area contributed by atoms with Crippen LogP contribution in [0.15, 0.2) is 35.1 Å². The molecular weight excluding hydrogens is 359 g/mol. The first-order valence-corrected chi connectivity index (χ1v) is 6.75. The van der Waals surface area contributed by atoms with Crippen molar-refractivity contribution in [1.29, 1.82) is 0 Å². The molecule has 0 radical (unpaired) electrons. The van der Waals surface area contributed by atoms with Crippen LogP contribution in [0.25, 0.3) is 0 Å². The molecule has 0 saturated carbocycles. The van der Waals surface area contributed by atoms with Gasteiger partial charge in [0.05, 0.1) is 5.69 Å². The predicted molar refractivity (Wildman–Crippen MR) is 79.5 cm³/mol. The number of ether oxygens (including phenoxy) is 1. The quantitative estimate of drug-likeness (QED) is 0.796. The van der Waals surface area contributed by atoms with Crippen molar-refractivity contribution in [2.24, 2.45) is 0 Å². The van der Waals surface area contributed by atoms with E-state index in [0.29, 0.717) is 4.47 Å². The van der Waals surface area contributed by atoms with Gasteiger partial charge in [-0.2, -0.15) is 0 Å². The highest BCUT2D eigenvalue weighted by Gasteiger charge is 2.16.